The van der Waals surface area contributed by atoms with E-state index in [1.807, 2.05) is 0 Å². The summed E-state index contributed by atoms with van der Waals surface area (Å²) in [4.78, 5) is 16.5. The number of nitrogens with one attached hydrogen (secondary N) is 1. The Labute approximate surface area is 158 Å². The lowest BCUT2D eigenvalue weighted by Gasteiger charge is -2.35. The van der Waals surface area contributed by atoms with Crippen LogP contribution in [-0.2, 0) is 11.3 Å². The van der Waals surface area contributed by atoms with Gasteiger partial charge in [0.05, 0.1) is 12.6 Å². The maximum absolute atomic E-state index is 13.9. The summed E-state index contributed by atoms with van der Waals surface area (Å²) in [5.41, 5.74) is -0.141. The molecular formula is C19H24ClFN4O. The summed E-state index contributed by atoms with van der Waals surface area (Å²) < 4.78 is 13.9. The quantitative estimate of drug-likeness (QED) is 0.855. The summed E-state index contributed by atoms with van der Waals surface area (Å²) in [6.07, 6.45) is 3.47. The molecule has 2 fully saturated rings. The lowest BCUT2D eigenvalue weighted by atomic mass is 10.00. The minimum Gasteiger partial charge on any atom is -0.337 e. The highest BCUT2D eigenvalue weighted by molar-refractivity contribution is 6.31. The molecule has 0 spiro atoms. The molecular weight excluding hydrogens is 355 g/mol. The number of nitriles is 1. The summed E-state index contributed by atoms with van der Waals surface area (Å²) in [7, 11) is 0. The smallest absolute Gasteiger partial charge is 0.235 e. The predicted octanol–water partition coefficient (Wildman–Crippen LogP) is 2.55. The third-order valence-electron chi connectivity index (χ3n) is 5.33. The lowest BCUT2D eigenvalue weighted by molar-refractivity contribution is -0.124. The van der Waals surface area contributed by atoms with Gasteiger partial charge >= 0.3 is 0 Å². The molecule has 1 N–H and O–H groups in total. The van der Waals surface area contributed by atoms with Crippen molar-refractivity contribution in [1.82, 2.24) is 15.1 Å². The fourth-order valence-electron chi connectivity index (χ4n) is 3.77. The van der Waals surface area contributed by atoms with Gasteiger partial charge in [-0.3, -0.25) is 14.6 Å². The largest absolute Gasteiger partial charge is 0.337 e. The zero-order valence-electron chi connectivity index (χ0n) is 14.8. The second kappa shape index (κ2) is 8.34. The van der Waals surface area contributed by atoms with Crippen LogP contribution in [0, 0.1) is 17.1 Å². The van der Waals surface area contributed by atoms with Gasteiger partial charge in [-0.25, -0.2) is 4.39 Å². The molecule has 26 heavy (non-hydrogen) atoms. The Kier molecular flexibility index (Phi) is 6.13. The molecule has 3 rings (SSSR count). The molecule has 1 aliphatic carbocycles. The van der Waals surface area contributed by atoms with E-state index in [9.17, 15) is 14.4 Å². The Morgan fingerprint density at radius 3 is 2.50 bits per heavy atom. The van der Waals surface area contributed by atoms with Crippen LogP contribution in [0.4, 0.5) is 4.39 Å². The third kappa shape index (κ3) is 4.53. The van der Waals surface area contributed by atoms with Crippen molar-refractivity contribution in [3.63, 3.8) is 0 Å². The summed E-state index contributed by atoms with van der Waals surface area (Å²) in [6.45, 7) is 3.75. The van der Waals surface area contributed by atoms with Crippen molar-refractivity contribution in [3.8, 4) is 6.07 Å². The Hall–Kier alpha value is -1.68. The summed E-state index contributed by atoms with van der Waals surface area (Å²) in [6, 6.07) is 7.02. The normalized spacial score (nSPS) is 20.7. The fraction of sp³-hybridized carbons (Fsp3) is 0.579. The monoisotopic (exact) mass is 378 g/mol. The van der Waals surface area contributed by atoms with Gasteiger partial charge < -0.3 is 5.32 Å². The zero-order valence-corrected chi connectivity index (χ0v) is 15.6. The minimum atomic E-state index is -0.666. The van der Waals surface area contributed by atoms with Crippen LogP contribution in [-0.4, -0.2) is 54.0 Å². The second-order valence-electron chi connectivity index (χ2n) is 7.20. The number of carbonyl (C=O) groups is 1. The average Bonchev–Trinajstić information content (AvgIpc) is 3.08. The first-order chi connectivity index (χ1) is 12.5. The van der Waals surface area contributed by atoms with E-state index in [0.717, 1.165) is 51.9 Å². The molecule has 1 amide bonds. The number of nitrogens with zero attached hydrogens (tertiary/aromatic N) is 3. The molecule has 1 heterocycles. The van der Waals surface area contributed by atoms with Crippen molar-refractivity contribution in [2.45, 2.75) is 37.8 Å². The van der Waals surface area contributed by atoms with Gasteiger partial charge in [0.25, 0.3) is 0 Å². The Morgan fingerprint density at radius 2 is 1.88 bits per heavy atom. The van der Waals surface area contributed by atoms with E-state index < -0.39 is 5.54 Å². The third-order valence-corrected chi connectivity index (χ3v) is 5.68. The number of hydrogen-bond donors (Lipinski definition) is 1. The van der Waals surface area contributed by atoms with E-state index in [2.05, 4.69) is 21.2 Å². The summed E-state index contributed by atoms with van der Waals surface area (Å²) in [5.74, 6) is -0.364. The molecule has 1 saturated heterocycles. The first-order valence-corrected chi connectivity index (χ1v) is 9.49. The van der Waals surface area contributed by atoms with Crippen molar-refractivity contribution in [2.75, 3.05) is 32.7 Å². The topological polar surface area (TPSA) is 59.4 Å². The first kappa shape index (κ1) is 19.1. The molecule has 0 radical (unpaired) electrons. The van der Waals surface area contributed by atoms with Gasteiger partial charge in [-0.05, 0) is 37.8 Å². The van der Waals surface area contributed by atoms with Crippen molar-refractivity contribution in [2.24, 2.45) is 0 Å². The first-order valence-electron chi connectivity index (χ1n) is 9.11. The van der Waals surface area contributed by atoms with Gasteiger partial charge in [0, 0.05) is 43.3 Å². The maximum Gasteiger partial charge on any atom is 0.235 e. The number of rotatable bonds is 5. The Bertz CT molecular complexity index is 671. The highest BCUT2D eigenvalue weighted by Crippen LogP contribution is 2.28. The van der Waals surface area contributed by atoms with Crippen LogP contribution >= 0.6 is 11.6 Å². The summed E-state index contributed by atoms with van der Waals surface area (Å²) in [5, 5.41) is 12.7. The molecule has 0 bridgehead atoms. The van der Waals surface area contributed by atoms with Crippen LogP contribution in [0.15, 0.2) is 18.2 Å². The van der Waals surface area contributed by atoms with Gasteiger partial charge in [0.15, 0.2) is 0 Å². The van der Waals surface area contributed by atoms with Crippen LogP contribution in [0.2, 0.25) is 5.02 Å². The van der Waals surface area contributed by atoms with Gasteiger partial charge in [-0.2, -0.15) is 5.26 Å². The molecule has 7 heteroatoms. The number of halogens is 2. The van der Waals surface area contributed by atoms with Gasteiger partial charge in [-0.15, -0.1) is 0 Å². The van der Waals surface area contributed by atoms with Crippen LogP contribution in [0.5, 0.6) is 0 Å². The van der Waals surface area contributed by atoms with Crippen LogP contribution in [0.3, 0.4) is 0 Å². The molecule has 1 aromatic rings. The van der Waals surface area contributed by atoms with Crippen LogP contribution in [0.1, 0.15) is 31.2 Å². The van der Waals surface area contributed by atoms with E-state index >= 15 is 0 Å². The van der Waals surface area contributed by atoms with E-state index in [4.69, 9.17) is 11.6 Å². The fourth-order valence-corrected chi connectivity index (χ4v) is 3.99. The molecule has 0 unspecified atom stereocenters. The van der Waals surface area contributed by atoms with E-state index in [1.54, 1.807) is 12.1 Å². The number of benzene rings is 1. The molecule has 0 aromatic heterocycles. The SMILES string of the molecule is N#CC1(NC(=O)CN2CCN(Cc3c(F)cccc3Cl)CC2)CCCC1. The van der Waals surface area contributed by atoms with Crippen molar-refractivity contribution in [1.29, 1.82) is 5.26 Å². The van der Waals surface area contributed by atoms with Crippen LogP contribution < -0.4 is 5.32 Å². The van der Waals surface area contributed by atoms with Gasteiger partial charge in [0.2, 0.25) is 5.91 Å². The predicted molar refractivity (Wildman–Crippen MR) is 98.1 cm³/mol. The molecule has 5 nitrogen and oxygen atoms in total. The lowest BCUT2D eigenvalue weighted by Crippen LogP contribution is -2.52. The Morgan fingerprint density at radius 1 is 1.23 bits per heavy atom. The number of hydrogen-bond acceptors (Lipinski definition) is 4. The molecule has 2 aliphatic rings. The number of carbonyl (C=O) groups excluding carboxylic acids is 1. The van der Waals surface area contributed by atoms with Crippen molar-refractivity contribution >= 4 is 17.5 Å². The van der Waals surface area contributed by atoms with Crippen molar-refractivity contribution in [3.05, 3.63) is 34.6 Å². The maximum atomic E-state index is 13.9. The van der Waals surface area contributed by atoms with Gasteiger partial charge in [-0.1, -0.05) is 17.7 Å². The average molecular weight is 379 g/mol. The molecule has 0 atom stereocenters. The van der Waals surface area contributed by atoms with E-state index in [1.165, 1.54) is 6.07 Å². The van der Waals surface area contributed by atoms with Gasteiger partial charge in [0.1, 0.15) is 11.4 Å². The molecule has 1 aliphatic heterocycles. The molecule has 1 saturated carbocycles. The van der Waals surface area contributed by atoms with Crippen LogP contribution in [0.25, 0.3) is 0 Å². The van der Waals surface area contributed by atoms with E-state index in [-0.39, 0.29) is 11.7 Å². The molecule has 140 valence electrons. The number of amides is 1. The highest BCUT2D eigenvalue weighted by atomic mass is 35.5. The minimum absolute atomic E-state index is 0.0842. The van der Waals surface area contributed by atoms with E-state index in [0.29, 0.717) is 23.7 Å². The Balaban J connectivity index is 1.47. The zero-order chi connectivity index (χ0) is 18.6. The highest BCUT2D eigenvalue weighted by Gasteiger charge is 2.35. The second-order valence-corrected chi connectivity index (χ2v) is 7.61. The summed E-state index contributed by atoms with van der Waals surface area (Å²) >= 11 is 6.10. The number of piperazine rings is 1. The molecule has 1 aromatic carbocycles. The standard InChI is InChI=1S/C19H24ClFN4O/c20-16-4-3-5-17(21)15(16)12-24-8-10-25(11-9-24)13-18(26)23-19(14-22)6-1-2-7-19/h3-5H,1-2,6-13H2,(H,23,26). The van der Waals surface area contributed by atoms with Crippen molar-refractivity contribution < 1.29 is 9.18 Å².